The molecule has 2 nitrogen and oxygen atoms in total. The summed E-state index contributed by atoms with van der Waals surface area (Å²) in [5.74, 6) is 0. The zero-order valence-corrected chi connectivity index (χ0v) is 11.8. The molecule has 1 fully saturated rings. The minimum atomic E-state index is -4.16. The van der Waals surface area contributed by atoms with Gasteiger partial charge < -0.3 is 5.73 Å². The highest BCUT2D eigenvalue weighted by Crippen LogP contribution is 2.31. The Balaban J connectivity index is 1.91. The van der Waals surface area contributed by atoms with Crippen molar-refractivity contribution in [2.75, 3.05) is 13.1 Å². The van der Waals surface area contributed by atoms with Gasteiger partial charge >= 0.3 is 6.18 Å². The molecule has 1 aromatic carbocycles. The van der Waals surface area contributed by atoms with Crippen molar-refractivity contribution in [1.82, 2.24) is 4.90 Å². The van der Waals surface area contributed by atoms with Crippen LogP contribution in [0.25, 0.3) is 0 Å². The smallest absolute Gasteiger partial charge is 0.324 e. The minimum absolute atomic E-state index is 0.0649. The lowest BCUT2D eigenvalue weighted by atomic mass is 10.0. The average molecular weight is 307 g/mol. The van der Waals surface area contributed by atoms with E-state index in [-0.39, 0.29) is 12.1 Å². The normalized spacial score (nSPS) is 17.5. The highest BCUT2D eigenvalue weighted by Gasteiger charge is 2.37. The van der Waals surface area contributed by atoms with Crippen LogP contribution in [0.15, 0.2) is 24.3 Å². The summed E-state index contributed by atoms with van der Waals surface area (Å²) in [6.07, 6.45) is -2.00. The number of alkyl halides is 3. The third kappa shape index (κ3) is 4.65. The zero-order valence-electron chi connectivity index (χ0n) is 11.0. The van der Waals surface area contributed by atoms with Crippen LogP contribution in [-0.4, -0.2) is 30.2 Å². The third-order valence-electron chi connectivity index (χ3n) is 3.48. The quantitative estimate of drug-likeness (QED) is 0.867. The van der Waals surface area contributed by atoms with Crippen molar-refractivity contribution < 1.29 is 13.2 Å². The first kappa shape index (κ1) is 15.6. The van der Waals surface area contributed by atoms with E-state index in [0.29, 0.717) is 18.0 Å². The Morgan fingerprint density at radius 2 is 1.95 bits per heavy atom. The molecule has 2 N–H and O–H groups in total. The summed E-state index contributed by atoms with van der Waals surface area (Å²) in [4.78, 5) is 1.48. The molecule has 0 amide bonds. The van der Waals surface area contributed by atoms with Crippen LogP contribution < -0.4 is 5.73 Å². The first-order chi connectivity index (χ1) is 9.37. The molecule has 6 heteroatoms. The van der Waals surface area contributed by atoms with Gasteiger partial charge in [0.1, 0.15) is 0 Å². The standard InChI is InChI=1S/C14H18ClF3N2/c15-12-4-2-1-3-11(12)13(19)7-8-20(10-5-6-10)9-14(16,17)18/h1-4,10,13H,5-9,19H2. The lowest BCUT2D eigenvalue weighted by Gasteiger charge is -2.25. The van der Waals surface area contributed by atoms with Crippen molar-refractivity contribution in [3.8, 4) is 0 Å². The second kappa shape index (κ2) is 6.33. The van der Waals surface area contributed by atoms with Crippen LogP contribution in [0.1, 0.15) is 30.9 Å². The van der Waals surface area contributed by atoms with Crippen molar-refractivity contribution in [2.24, 2.45) is 5.73 Å². The Hall–Kier alpha value is -0.780. The van der Waals surface area contributed by atoms with E-state index < -0.39 is 12.7 Å². The summed E-state index contributed by atoms with van der Waals surface area (Å²) < 4.78 is 37.5. The minimum Gasteiger partial charge on any atom is -0.324 e. The zero-order chi connectivity index (χ0) is 14.8. The maximum Gasteiger partial charge on any atom is 0.401 e. The third-order valence-corrected chi connectivity index (χ3v) is 3.82. The molecule has 0 bridgehead atoms. The Morgan fingerprint density at radius 3 is 2.50 bits per heavy atom. The van der Waals surface area contributed by atoms with Gasteiger partial charge in [0.15, 0.2) is 0 Å². The molecule has 1 aliphatic carbocycles. The molecule has 0 aliphatic heterocycles. The largest absolute Gasteiger partial charge is 0.401 e. The lowest BCUT2D eigenvalue weighted by Crippen LogP contribution is -2.37. The predicted octanol–water partition coefficient (Wildman–Crippen LogP) is 3.76. The molecule has 20 heavy (non-hydrogen) atoms. The van der Waals surface area contributed by atoms with Crippen LogP contribution >= 0.6 is 11.6 Å². The molecule has 112 valence electrons. The van der Waals surface area contributed by atoms with Crippen LogP contribution in [0.3, 0.4) is 0 Å². The Bertz CT molecular complexity index is 446. The molecule has 1 atom stereocenters. The van der Waals surface area contributed by atoms with Crippen LogP contribution in [0.4, 0.5) is 13.2 Å². The summed E-state index contributed by atoms with van der Waals surface area (Å²) in [6, 6.07) is 6.92. The van der Waals surface area contributed by atoms with E-state index >= 15 is 0 Å². The van der Waals surface area contributed by atoms with Crippen LogP contribution in [-0.2, 0) is 0 Å². The SMILES string of the molecule is NC(CCN(CC(F)(F)F)C1CC1)c1ccccc1Cl. The summed E-state index contributed by atoms with van der Waals surface area (Å²) >= 11 is 6.04. The summed E-state index contributed by atoms with van der Waals surface area (Å²) in [5, 5.41) is 0.564. The van der Waals surface area contributed by atoms with Crippen molar-refractivity contribution >= 4 is 11.6 Å². The van der Waals surface area contributed by atoms with Gasteiger partial charge in [-0.2, -0.15) is 13.2 Å². The predicted molar refractivity (Wildman–Crippen MR) is 73.6 cm³/mol. The highest BCUT2D eigenvalue weighted by molar-refractivity contribution is 6.31. The average Bonchev–Trinajstić information content (AvgIpc) is 3.17. The van der Waals surface area contributed by atoms with Gasteiger partial charge in [-0.25, -0.2) is 0 Å². The van der Waals surface area contributed by atoms with Gasteiger partial charge in [-0.15, -0.1) is 0 Å². The van der Waals surface area contributed by atoms with E-state index in [9.17, 15) is 13.2 Å². The fourth-order valence-corrected chi connectivity index (χ4v) is 2.57. The van der Waals surface area contributed by atoms with E-state index in [0.717, 1.165) is 18.4 Å². The first-order valence-electron chi connectivity index (χ1n) is 6.67. The van der Waals surface area contributed by atoms with Crippen LogP contribution in [0.5, 0.6) is 0 Å². The van der Waals surface area contributed by atoms with E-state index in [1.807, 2.05) is 12.1 Å². The first-order valence-corrected chi connectivity index (χ1v) is 7.05. The van der Waals surface area contributed by atoms with Crippen molar-refractivity contribution in [1.29, 1.82) is 0 Å². The number of nitrogens with two attached hydrogens (primary N) is 1. The second-order valence-electron chi connectivity index (χ2n) is 5.23. The molecule has 1 unspecified atom stereocenters. The van der Waals surface area contributed by atoms with Gasteiger partial charge in [0, 0.05) is 23.7 Å². The molecule has 0 saturated heterocycles. The lowest BCUT2D eigenvalue weighted by molar-refractivity contribution is -0.147. The number of nitrogens with zero attached hydrogens (tertiary/aromatic N) is 1. The molecule has 1 saturated carbocycles. The molecule has 1 aliphatic rings. The van der Waals surface area contributed by atoms with E-state index in [1.54, 1.807) is 12.1 Å². The molecule has 0 heterocycles. The van der Waals surface area contributed by atoms with Gasteiger partial charge in [-0.05, 0) is 30.9 Å². The molecule has 0 radical (unpaired) electrons. The second-order valence-corrected chi connectivity index (χ2v) is 5.64. The maximum atomic E-state index is 12.5. The number of hydrogen-bond donors (Lipinski definition) is 1. The highest BCUT2D eigenvalue weighted by atomic mass is 35.5. The van der Waals surface area contributed by atoms with Gasteiger partial charge in [0.25, 0.3) is 0 Å². The number of halogens is 4. The molecule has 2 rings (SSSR count). The molecule has 0 aromatic heterocycles. The van der Waals surface area contributed by atoms with Crippen molar-refractivity contribution in [3.05, 3.63) is 34.9 Å². The molecule has 1 aromatic rings. The van der Waals surface area contributed by atoms with Gasteiger partial charge in [0.2, 0.25) is 0 Å². The van der Waals surface area contributed by atoms with Gasteiger partial charge in [-0.3, -0.25) is 4.90 Å². The fourth-order valence-electron chi connectivity index (χ4n) is 2.30. The molecular weight excluding hydrogens is 289 g/mol. The van der Waals surface area contributed by atoms with Gasteiger partial charge in [-0.1, -0.05) is 29.8 Å². The van der Waals surface area contributed by atoms with Crippen LogP contribution in [0.2, 0.25) is 5.02 Å². The molecular formula is C14H18ClF3N2. The monoisotopic (exact) mass is 306 g/mol. The Labute approximate surface area is 121 Å². The van der Waals surface area contributed by atoms with E-state index in [4.69, 9.17) is 17.3 Å². The number of hydrogen-bond acceptors (Lipinski definition) is 2. The Kier molecular flexibility index (Phi) is 4.94. The van der Waals surface area contributed by atoms with Crippen molar-refractivity contribution in [2.45, 2.75) is 37.5 Å². The topological polar surface area (TPSA) is 29.3 Å². The number of benzene rings is 1. The van der Waals surface area contributed by atoms with E-state index in [1.165, 1.54) is 4.90 Å². The van der Waals surface area contributed by atoms with Crippen LogP contribution in [0, 0.1) is 0 Å². The number of rotatable bonds is 6. The van der Waals surface area contributed by atoms with E-state index in [2.05, 4.69) is 0 Å². The summed E-state index contributed by atoms with van der Waals surface area (Å²) in [6.45, 7) is -0.510. The summed E-state index contributed by atoms with van der Waals surface area (Å²) in [5.41, 5.74) is 6.82. The Morgan fingerprint density at radius 1 is 1.30 bits per heavy atom. The maximum absolute atomic E-state index is 12.5. The van der Waals surface area contributed by atoms with Crippen molar-refractivity contribution in [3.63, 3.8) is 0 Å². The summed E-state index contributed by atoms with van der Waals surface area (Å²) in [7, 11) is 0. The fraction of sp³-hybridized carbons (Fsp3) is 0.571. The molecule has 0 spiro atoms. The van der Waals surface area contributed by atoms with Gasteiger partial charge in [0.05, 0.1) is 6.54 Å².